The number of halogens is 1. The summed E-state index contributed by atoms with van der Waals surface area (Å²) in [6, 6.07) is 8.18. The van der Waals surface area contributed by atoms with Crippen LogP contribution in [0.25, 0.3) is 0 Å². The molecule has 2 N–H and O–H groups in total. The monoisotopic (exact) mass is 229 g/mol. The van der Waals surface area contributed by atoms with Crippen molar-refractivity contribution in [1.82, 2.24) is 0 Å². The Hall–Kier alpha value is -0.340. The Balaban J connectivity index is 0.000000561. The molecule has 68 valence electrons. The summed E-state index contributed by atoms with van der Waals surface area (Å²) in [4.78, 5) is 0. The van der Waals surface area contributed by atoms with Gasteiger partial charge in [-0.3, -0.25) is 0 Å². The van der Waals surface area contributed by atoms with Crippen molar-refractivity contribution in [3.8, 4) is 0 Å². The lowest BCUT2D eigenvalue weighted by atomic mass is 10.1. The fourth-order valence-corrected chi connectivity index (χ4v) is 1.03. The van der Waals surface area contributed by atoms with E-state index in [9.17, 15) is 0 Å². The van der Waals surface area contributed by atoms with Crippen LogP contribution in [0.4, 0.5) is 0 Å². The van der Waals surface area contributed by atoms with Gasteiger partial charge in [-0.05, 0) is 24.6 Å². The topological polar surface area (TPSA) is 26.0 Å². The van der Waals surface area contributed by atoms with Gasteiger partial charge >= 0.3 is 0 Å². The van der Waals surface area contributed by atoms with Crippen molar-refractivity contribution < 1.29 is 0 Å². The molecule has 0 aromatic heterocycles. The van der Waals surface area contributed by atoms with E-state index in [2.05, 4.69) is 15.9 Å². The fourth-order valence-electron chi connectivity index (χ4n) is 0.766. The Kier molecular flexibility index (Phi) is 6.03. The summed E-state index contributed by atoms with van der Waals surface area (Å²) < 4.78 is 1.09. The van der Waals surface area contributed by atoms with Crippen molar-refractivity contribution in [2.45, 2.75) is 26.8 Å². The SMILES string of the molecule is CC.CC(N)c1ccc(Br)cc1. The van der Waals surface area contributed by atoms with Gasteiger partial charge in [-0.1, -0.05) is 41.9 Å². The van der Waals surface area contributed by atoms with E-state index in [1.165, 1.54) is 5.56 Å². The van der Waals surface area contributed by atoms with Gasteiger partial charge in [0.1, 0.15) is 0 Å². The molecule has 1 aromatic rings. The van der Waals surface area contributed by atoms with E-state index >= 15 is 0 Å². The molecular weight excluding hydrogens is 214 g/mol. The number of hydrogen-bond donors (Lipinski definition) is 1. The first-order valence-electron chi connectivity index (χ1n) is 4.21. The molecule has 1 aromatic carbocycles. The van der Waals surface area contributed by atoms with Crippen LogP contribution in [0.2, 0.25) is 0 Å². The zero-order valence-electron chi connectivity index (χ0n) is 7.84. The number of benzene rings is 1. The molecule has 0 saturated heterocycles. The van der Waals surface area contributed by atoms with Gasteiger partial charge in [-0.25, -0.2) is 0 Å². The Bertz CT molecular complexity index is 204. The summed E-state index contributed by atoms with van der Waals surface area (Å²) in [6.07, 6.45) is 0. The van der Waals surface area contributed by atoms with E-state index in [1.54, 1.807) is 0 Å². The molecule has 0 radical (unpaired) electrons. The summed E-state index contributed by atoms with van der Waals surface area (Å²) in [5.41, 5.74) is 6.82. The lowest BCUT2D eigenvalue weighted by Gasteiger charge is -2.03. The van der Waals surface area contributed by atoms with Crippen molar-refractivity contribution in [2.75, 3.05) is 0 Å². The standard InChI is InChI=1S/C8H10BrN.C2H6/c1-6(10)7-2-4-8(9)5-3-7;1-2/h2-6H,10H2,1H3;1-2H3. The van der Waals surface area contributed by atoms with Crippen molar-refractivity contribution in [2.24, 2.45) is 5.73 Å². The maximum Gasteiger partial charge on any atom is 0.0266 e. The number of nitrogens with two attached hydrogens (primary N) is 1. The third kappa shape index (κ3) is 3.88. The van der Waals surface area contributed by atoms with Crippen molar-refractivity contribution in [1.29, 1.82) is 0 Å². The van der Waals surface area contributed by atoms with Crippen LogP contribution >= 0.6 is 15.9 Å². The fraction of sp³-hybridized carbons (Fsp3) is 0.400. The summed E-state index contributed by atoms with van der Waals surface area (Å²) in [6.45, 7) is 5.98. The van der Waals surface area contributed by atoms with Crippen LogP contribution in [0, 0.1) is 0 Å². The molecule has 0 bridgehead atoms. The molecule has 12 heavy (non-hydrogen) atoms. The van der Waals surface area contributed by atoms with E-state index in [1.807, 2.05) is 45.0 Å². The molecule has 0 amide bonds. The summed E-state index contributed by atoms with van der Waals surface area (Å²) >= 11 is 3.35. The molecule has 1 rings (SSSR count). The summed E-state index contributed by atoms with van der Waals surface area (Å²) in [5.74, 6) is 0. The number of hydrogen-bond acceptors (Lipinski definition) is 1. The first-order valence-corrected chi connectivity index (χ1v) is 5.00. The third-order valence-corrected chi connectivity index (χ3v) is 1.92. The maximum absolute atomic E-state index is 5.65. The molecule has 0 aliphatic carbocycles. The van der Waals surface area contributed by atoms with E-state index in [0.29, 0.717) is 0 Å². The highest BCUT2D eigenvalue weighted by molar-refractivity contribution is 9.10. The van der Waals surface area contributed by atoms with Gasteiger partial charge in [0.15, 0.2) is 0 Å². The molecule has 2 heteroatoms. The molecule has 0 saturated carbocycles. The molecule has 0 heterocycles. The largest absolute Gasteiger partial charge is 0.324 e. The van der Waals surface area contributed by atoms with Gasteiger partial charge in [0.05, 0.1) is 0 Å². The van der Waals surface area contributed by atoms with Crippen LogP contribution in [0.15, 0.2) is 28.7 Å². The van der Waals surface area contributed by atoms with E-state index in [0.717, 1.165) is 4.47 Å². The zero-order valence-corrected chi connectivity index (χ0v) is 9.43. The van der Waals surface area contributed by atoms with Gasteiger partial charge in [0.2, 0.25) is 0 Å². The maximum atomic E-state index is 5.65. The van der Waals surface area contributed by atoms with Crippen LogP contribution in [-0.2, 0) is 0 Å². The minimum Gasteiger partial charge on any atom is -0.324 e. The smallest absolute Gasteiger partial charge is 0.0266 e. The minimum atomic E-state index is 0.132. The molecule has 0 fully saturated rings. The molecule has 0 spiro atoms. The lowest BCUT2D eigenvalue weighted by molar-refractivity contribution is 0.818. The molecule has 0 aliphatic rings. The Labute approximate surface area is 83.1 Å². The average molecular weight is 230 g/mol. The predicted molar refractivity (Wildman–Crippen MR) is 58.1 cm³/mol. The Morgan fingerprint density at radius 3 is 1.92 bits per heavy atom. The van der Waals surface area contributed by atoms with Gasteiger partial charge < -0.3 is 5.73 Å². The first-order chi connectivity index (χ1) is 5.70. The molecule has 1 nitrogen and oxygen atoms in total. The highest BCUT2D eigenvalue weighted by Crippen LogP contribution is 2.14. The average Bonchev–Trinajstić information content (AvgIpc) is 2.09. The third-order valence-electron chi connectivity index (χ3n) is 1.40. The zero-order chi connectivity index (χ0) is 9.56. The van der Waals surface area contributed by atoms with E-state index in [-0.39, 0.29) is 6.04 Å². The second-order valence-corrected chi connectivity index (χ2v) is 3.26. The lowest BCUT2D eigenvalue weighted by Crippen LogP contribution is -2.03. The molecule has 1 atom stereocenters. The highest BCUT2D eigenvalue weighted by atomic mass is 79.9. The predicted octanol–water partition coefficient (Wildman–Crippen LogP) is 3.50. The Morgan fingerprint density at radius 1 is 1.17 bits per heavy atom. The molecule has 1 unspecified atom stereocenters. The van der Waals surface area contributed by atoms with Gasteiger partial charge in [0, 0.05) is 10.5 Å². The molecule has 0 aliphatic heterocycles. The normalized spacial score (nSPS) is 11.4. The number of rotatable bonds is 1. The van der Waals surface area contributed by atoms with E-state index in [4.69, 9.17) is 5.73 Å². The van der Waals surface area contributed by atoms with Crippen LogP contribution in [0.1, 0.15) is 32.4 Å². The summed E-state index contributed by atoms with van der Waals surface area (Å²) in [7, 11) is 0. The first kappa shape index (κ1) is 11.7. The van der Waals surface area contributed by atoms with Crippen molar-refractivity contribution in [3.05, 3.63) is 34.3 Å². The van der Waals surface area contributed by atoms with Crippen LogP contribution < -0.4 is 5.73 Å². The second kappa shape index (κ2) is 6.21. The van der Waals surface area contributed by atoms with E-state index < -0.39 is 0 Å². The van der Waals surface area contributed by atoms with Gasteiger partial charge in [-0.2, -0.15) is 0 Å². The van der Waals surface area contributed by atoms with Crippen molar-refractivity contribution in [3.63, 3.8) is 0 Å². The van der Waals surface area contributed by atoms with Crippen LogP contribution in [0.3, 0.4) is 0 Å². The van der Waals surface area contributed by atoms with Crippen LogP contribution in [-0.4, -0.2) is 0 Å². The minimum absolute atomic E-state index is 0.132. The van der Waals surface area contributed by atoms with Gasteiger partial charge in [-0.15, -0.1) is 0 Å². The van der Waals surface area contributed by atoms with Gasteiger partial charge in [0.25, 0.3) is 0 Å². The highest BCUT2D eigenvalue weighted by Gasteiger charge is 1.96. The quantitative estimate of drug-likeness (QED) is 0.785. The second-order valence-electron chi connectivity index (χ2n) is 2.34. The van der Waals surface area contributed by atoms with Crippen molar-refractivity contribution >= 4 is 15.9 Å². The summed E-state index contributed by atoms with van der Waals surface area (Å²) in [5, 5.41) is 0. The molecular formula is C10H16BrN. The van der Waals surface area contributed by atoms with Crippen LogP contribution in [0.5, 0.6) is 0 Å². The Morgan fingerprint density at radius 2 is 1.58 bits per heavy atom.